The maximum absolute atomic E-state index is 12.2. The first kappa shape index (κ1) is 13.9. The summed E-state index contributed by atoms with van der Waals surface area (Å²) in [5, 5.41) is 12.4. The lowest BCUT2D eigenvalue weighted by Gasteiger charge is -2.27. The first-order chi connectivity index (χ1) is 9.06. The Morgan fingerprint density at radius 1 is 1.37 bits per heavy atom. The van der Waals surface area contributed by atoms with E-state index >= 15 is 0 Å². The fourth-order valence-electron chi connectivity index (χ4n) is 3.05. The van der Waals surface area contributed by atoms with Crippen molar-refractivity contribution >= 4 is 5.91 Å². The molecule has 1 aliphatic carbocycles. The molecule has 2 rings (SSSR count). The SMILES string of the molecule is CCC1(CNC(=O)c2ccc(O)cc2C)CCCC1. The maximum atomic E-state index is 12.2. The Morgan fingerprint density at radius 2 is 2.05 bits per heavy atom. The highest BCUT2D eigenvalue weighted by atomic mass is 16.3. The van der Waals surface area contributed by atoms with Gasteiger partial charge in [0.05, 0.1) is 0 Å². The van der Waals surface area contributed by atoms with Crippen LogP contribution in [0.1, 0.15) is 54.9 Å². The third-order valence-electron chi connectivity index (χ3n) is 4.49. The van der Waals surface area contributed by atoms with E-state index in [1.807, 2.05) is 6.92 Å². The molecule has 3 heteroatoms. The van der Waals surface area contributed by atoms with Crippen molar-refractivity contribution in [2.75, 3.05) is 6.54 Å². The van der Waals surface area contributed by atoms with Crippen LogP contribution in [0.5, 0.6) is 5.75 Å². The van der Waals surface area contributed by atoms with E-state index in [1.165, 1.54) is 25.7 Å². The van der Waals surface area contributed by atoms with Crippen molar-refractivity contribution in [3.63, 3.8) is 0 Å². The molecule has 2 N–H and O–H groups in total. The molecule has 0 spiro atoms. The van der Waals surface area contributed by atoms with Crippen LogP contribution in [0, 0.1) is 12.3 Å². The summed E-state index contributed by atoms with van der Waals surface area (Å²) < 4.78 is 0. The zero-order valence-corrected chi connectivity index (χ0v) is 11.8. The Labute approximate surface area is 115 Å². The topological polar surface area (TPSA) is 49.3 Å². The smallest absolute Gasteiger partial charge is 0.251 e. The molecular formula is C16H23NO2. The number of carbonyl (C=O) groups is 1. The molecule has 0 radical (unpaired) electrons. The second-order valence-corrected chi connectivity index (χ2v) is 5.74. The van der Waals surface area contributed by atoms with Crippen LogP contribution in [0.2, 0.25) is 0 Å². The van der Waals surface area contributed by atoms with Gasteiger partial charge in [0, 0.05) is 12.1 Å². The minimum Gasteiger partial charge on any atom is -0.508 e. The third kappa shape index (κ3) is 3.09. The molecule has 1 amide bonds. The normalized spacial score (nSPS) is 17.4. The summed E-state index contributed by atoms with van der Waals surface area (Å²) in [5.41, 5.74) is 1.78. The molecule has 3 nitrogen and oxygen atoms in total. The van der Waals surface area contributed by atoms with Gasteiger partial charge in [-0.15, -0.1) is 0 Å². The third-order valence-corrected chi connectivity index (χ3v) is 4.49. The molecule has 1 aromatic rings. The minimum atomic E-state index is -0.0303. The average Bonchev–Trinajstić information content (AvgIpc) is 2.85. The summed E-state index contributed by atoms with van der Waals surface area (Å²) in [6, 6.07) is 4.88. The fourth-order valence-corrected chi connectivity index (χ4v) is 3.05. The number of aromatic hydroxyl groups is 1. The van der Waals surface area contributed by atoms with Crippen molar-refractivity contribution in [1.29, 1.82) is 0 Å². The Hall–Kier alpha value is -1.51. The van der Waals surface area contributed by atoms with Crippen molar-refractivity contribution in [2.45, 2.75) is 46.0 Å². The highest BCUT2D eigenvalue weighted by Crippen LogP contribution is 2.40. The van der Waals surface area contributed by atoms with E-state index in [2.05, 4.69) is 12.2 Å². The molecular weight excluding hydrogens is 238 g/mol. The molecule has 0 saturated heterocycles. The standard InChI is InChI=1S/C16H23NO2/c1-3-16(8-4-5-9-16)11-17-15(19)14-7-6-13(18)10-12(14)2/h6-7,10,18H,3-5,8-9,11H2,1-2H3,(H,17,19). The summed E-state index contributed by atoms with van der Waals surface area (Å²) in [5.74, 6) is 0.173. The van der Waals surface area contributed by atoms with Crippen LogP contribution in [0.25, 0.3) is 0 Å². The van der Waals surface area contributed by atoms with Gasteiger partial charge in [-0.1, -0.05) is 19.8 Å². The summed E-state index contributed by atoms with van der Waals surface area (Å²) in [6.45, 7) is 4.83. The van der Waals surface area contributed by atoms with Crippen LogP contribution in [-0.4, -0.2) is 17.6 Å². The number of aryl methyl sites for hydroxylation is 1. The maximum Gasteiger partial charge on any atom is 0.251 e. The number of amides is 1. The van der Waals surface area contributed by atoms with E-state index in [4.69, 9.17) is 0 Å². The van der Waals surface area contributed by atoms with Crippen molar-refractivity contribution in [3.8, 4) is 5.75 Å². The Morgan fingerprint density at radius 3 is 2.63 bits per heavy atom. The molecule has 1 fully saturated rings. The van der Waals surface area contributed by atoms with Crippen molar-refractivity contribution < 1.29 is 9.90 Å². The number of hydrogen-bond donors (Lipinski definition) is 2. The van der Waals surface area contributed by atoms with Crippen LogP contribution in [-0.2, 0) is 0 Å². The van der Waals surface area contributed by atoms with Gasteiger partial charge >= 0.3 is 0 Å². The predicted octanol–water partition coefficient (Wildman–Crippen LogP) is 3.40. The molecule has 1 aromatic carbocycles. The lowest BCUT2D eigenvalue weighted by molar-refractivity contribution is 0.0928. The second-order valence-electron chi connectivity index (χ2n) is 5.74. The monoisotopic (exact) mass is 261 g/mol. The highest BCUT2D eigenvalue weighted by molar-refractivity contribution is 5.95. The zero-order chi connectivity index (χ0) is 13.9. The minimum absolute atomic E-state index is 0.0303. The number of carbonyl (C=O) groups excluding carboxylic acids is 1. The van der Waals surface area contributed by atoms with Crippen LogP contribution in [0.3, 0.4) is 0 Å². The molecule has 19 heavy (non-hydrogen) atoms. The number of nitrogens with one attached hydrogen (secondary N) is 1. The Bertz CT molecular complexity index is 462. The first-order valence-corrected chi connectivity index (χ1v) is 7.14. The van der Waals surface area contributed by atoms with Gasteiger partial charge in [0.25, 0.3) is 5.91 Å². The van der Waals surface area contributed by atoms with Gasteiger partial charge in [-0.3, -0.25) is 4.79 Å². The molecule has 0 heterocycles. The van der Waals surface area contributed by atoms with E-state index < -0.39 is 0 Å². The number of phenols is 1. The van der Waals surface area contributed by atoms with Gasteiger partial charge in [-0.05, 0) is 55.4 Å². The average molecular weight is 261 g/mol. The van der Waals surface area contributed by atoms with Crippen molar-refractivity contribution in [2.24, 2.45) is 5.41 Å². The molecule has 0 aliphatic heterocycles. The van der Waals surface area contributed by atoms with E-state index in [9.17, 15) is 9.90 Å². The van der Waals surface area contributed by atoms with Crippen LogP contribution < -0.4 is 5.32 Å². The summed E-state index contributed by atoms with van der Waals surface area (Å²) in [6.07, 6.45) is 6.13. The van der Waals surface area contributed by atoms with Gasteiger partial charge in [0.1, 0.15) is 5.75 Å². The zero-order valence-electron chi connectivity index (χ0n) is 11.8. The van der Waals surface area contributed by atoms with Gasteiger partial charge in [-0.25, -0.2) is 0 Å². The molecule has 0 aromatic heterocycles. The van der Waals surface area contributed by atoms with Gasteiger partial charge < -0.3 is 10.4 Å². The number of phenolic OH excluding ortho intramolecular Hbond substituents is 1. The molecule has 0 atom stereocenters. The van der Waals surface area contributed by atoms with Gasteiger partial charge in [0.2, 0.25) is 0 Å². The molecule has 104 valence electrons. The molecule has 0 bridgehead atoms. The summed E-state index contributed by atoms with van der Waals surface area (Å²) in [4.78, 5) is 12.2. The molecule has 0 unspecified atom stereocenters. The molecule has 1 saturated carbocycles. The van der Waals surface area contributed by atoms with Crippen LogP contribution in [0.4, 0.5) is 0 Å². The summed E-state index contributed by atoms with van der Waals surface area (Å²) >= 11 is 0. The number of rotatable bonds is 4. The van der Waals surface area contributed by atoms with Crippen molar-refractivity contribution in [3.05, 3.63) is 29.3 Å². The van der Waals surface area contributed by atoms with Crippen molar-refractivity contribution in [1.82, 2.24) is 5.32 Å². The largest absolute Gasteiger partial charge is 0.508 e. The van der Waals surface area contributed by atoms with Crippen LogP contribution in [0.15, 0.2) is 18.2 Å². The predicted molar refractivity (Wildman–Crippen MR) is 76.4 cm³/mol. The lowest BCUT2D eigenvalue weighted by Crippen LogP contribution is -2.35. The van der Waals surface area contributed by atoms with E-state index in [0.29, 0.717) is 11.0 Å². The Kier molecular flexibility index (Phi) is 4.13. The quantitative estimate of drug-likeness (QED) is 0.872. The fraction of sp³-hybridized carbons (Fsp3) is 0.562. The lowest BCUT2D eigenvalue weighted by atomic mass is 9.83. The number of hydrogen-bond acceptors (Lipinski definition) is 2. The van der Waals surface area contributed by atoms with E-state index in [0.717, 1.165) is 18.5 Å². The van der Waals surface area contributed by atoms with E-state index in [1.54, 1.807) is 18.2 Å². The van der Waals surface area contributed by atoms with E-state index in [-0.39, 0.29) is 11.7 Å². The number of benzene rings is 1. The highest BCUT2D eigenvalue weighted by Gasteiger charge is 2.32. The summed E-state index contributed by atoms with van der Waals surface area (Å²) in [7, 11) is 0. The first-order valence-electron chi connectivity index (χ1n) is 7.14. The molecule has 1 aliphatic rings. The second kappa shape index (κ2) is 5.64. The van der Waals surface area contributed by atoms with Crippen LogP contribution >= 0.6 is 0 Å². The Balaban J connectivity index is 2.01. The van der Waals surface area contributed by atoms with Gasteiger partial charge in [0.15, 0.2) is 0 Å². The van der Waals surface area contributed by atoms with Gasteiger partial charge in [-0.2, -0.15) is 0 Å².